The Morgan fingerprint density at radius 1 is 1.09 bits per heavy atom. The van der Waals surface area contributed by atoms with E-state index in [0.29, 0.717) is 10.2 Å². The van der Waals surface area contributed by atoms with Crippen LogP contribution in [0.25, 0.3) is 5.69 Å². The van der Waals surface area contributed by atoms with Gasteiger partial charge in [-0.2, -0.15) is 17.9 Å². The van der Waals surface area contributed by atoms with Gasteiger partial charge in [-0.3, -0.25) is 15.2 Å². The van der Waals surface area contributed by atoms with Crippen LogP contribution in [0.2, 0.25) is 0 Å². The third-order valence-corrected chi connectivity index (χ3v) is 6.41. The molecule has 5 N–H and O–H groups in total. The average molecular weight is 664 g/mol. The van der Waals surface area contributed by atoms with E-state index in [-0.39, 0.29) is 28.8 Å². The summed E-state index contributed by atoms with van der Waals surface area (Å²) in [5.74, 6) is -7.71. The van der Waals surface area contributed by atoms with Crippen LogP contribution in [0.1, 0.15) is 23.0 Å². The molecule has 0 saturated carbocycles. The molecule has 4 aromatic rings. The molecular formula is C29H26F5N7O6. The van der Waals surface area contributed by atoms with Gasteiger partial charge in [-0.15, -0.1) is 5.10 Å². The summed E-state index contributed by atoms with van der Waals surface area (Å²) in [4.78, 5) is 40.3. The molecule has 0 aliphatic rings. The van der Waals surface area contributed by atoms with E-state index in [2.05, 4.69) is 20.1 Å². The minimum Gasteiger partial charge on any atom is -0.497 e. The number of amides is 1. The Morgan fingerprint density at radius 2 is 1.74 bits per heavy atom. The molecule has 13 nitrogen and oxygen atoms in total. The smallest absolute Gasteiger partial charge is 0.491 e. The molecule has 1 amide bonds. The number of hydrogen-bond acceptors (Lipinski definition) is 9. The van der Waals surface area contributed by atoms with Crippen molar-refractivity contribution >= 4 is 23.4 Å². The van der Waals surface area contributed by atoms with Crippen molar-refractivity contribution in [2.45, 2.75) is 18.5 Å². The van der Waals surface area contributed by atoms with Crippen LogP contribution in [-0.2, 0) is 14.3 Å². The van der Waals surface area contributed by atoms with Crippen LogP contribution in [-0.4, -0.2) is 71.0 Å². The summed E-state index contributed by atoms with van der Waals surface area (Å²) < 4.78 is 85.2. The number of likely N-dealkylation sites (N-methyl/N-ethyl adjacent to an activating group) is 1. The molecule has 3 aromatic carbocycles. The molecular weight excluding hydrogens is 637 g/mol. The summed E-state index contributed by atoms with van der Waals surface area (Å²) in [5, 5.41) is 14.7. The second-order valence-corrected chi connectivity index (χ2v) is 9.86. The Balaban J connectivity index is 1.87. The molecule has 0 bridgehead atoms. The van der Waals surface area contributed by atoms with Gasteiger partial charge in [0.25, 0.3) is 0 Å². The zero-order valence-electron chi connectivity index (χ0n) is 24.7. The molecule has 0 fully saturated rings. The topological polar surface area (TPSA) is 178 Å². The predicted octanol–water partition coefficient (Wildman–Crippen LogP) is 3.23. The third kappa shape index (κ3) is 7.66. The number of nitrogens with two attached hydrogens (primary N) is 1. The maximum atomic E-state index is 16.3. The first-order valence-electron chi connectivity index (χ1n) is 13.3. The maximum absolute atomic E-state index is 16.3. The van der Waals surface area contributed by atoms with E-state index < -0.39 is 59.0 Å². The van der Waals surface area contributed by atoms with Crippen molar-refractivity contribution in [3.8, 4) is 17.2 Å². The molecule has 4 rings (SSSR count). The number of halogens is 5. The van der Waals surface area contributed by atoms with Crippen molar-refractivity contribution in [3.63, 3.8) is 0 Å². The van der Waals surface area contributed by atoms with Crippen molar-refractivity contribution < 1.29 is 45.8 Å². The number of carbonyl (C=O) groups is 2. The minimum atomic E-state index is -5.51. The molecule has 0 radical (unpaired) electrons. The van der Waals surface area contributed by atoms with Crippen LogP contribution in [0.15, 0.2) is 65.5 Å². The van der Waals surface area contributed by atoms with Gasteiger partial charge < -0.3 is 30.2 Å². The summed E-state index contributed by atoms with van der Waals surface area (Å²) in [7, 11) is 3.44. The summed E-state index contributed by atoms with van der Waals surface area (Å²) in [6.45, 7) is 0. The van der Waals surface area contributed by atoms with Gasteiger partial charge in [0, 0.05) is 37.0 Å². The first-order chi connectivity index (χ1) is 22.1. The lowest BCUT2D eigenvalue weighted by atomic mass is 10.0. The Labute approximate surface area is 262 Å². The second-order valence-electron chi connectivity index (χ2n) is 9.86. The number of nitrogens with zero attached hydrogens (tertiary/aromatic N) is 3. The Hall–Kier alpha value is -5.94. The lowest BCUT2D eigenvalue weighted by molar-refractivity contribution is -0.218. The number of anilines is 1. The van der Waals surface area contributed by atoms with Crippen molar-refractivity contribution in [3.05, 3.63) is 99.7 Å². The standard InChI is InChI=1S/C29H26F5N7O6/c1-40(2)25(42)26(47-27(43)29(32,33)34)46-20-13-16(45-3)12-17(21(20)31)22(37-15-10-8-14(9-11-15)23(35)36)24-38-28(44)41(39-24)19-7-5-4-6-18(19)30/h4-13,22,26,37H,1-3H3,(H3,35,36)(H,38,39,44). The highest BCUT2D eigenvalue weighted by Crippen LogP contribution is 2.36. The van der Waals surface area contributed by atoms with E-state index in [1.165, 1.54) is 49.6 Å². The number of benzene rings is 3. The van der Waals surface area contributed by atoms with Gasteiger partial charge in [-0.25, -0.2) is 18.4 Å². The van der Waals surface area contributed by atoms with Crippen molar-refractivity contribution in [1.29, 1.82) is 5.41 Å². The molecule has 1 heterocycles. The number of para-hydroxylation sites is 1. The molecule has 0 aliphatic carbocycles. The minimum absolute atomic E-state index is 0.149. The van der Waals surface area contributed by atoms with Gasteiger partial charge in [-0.1, -0.05) is 12.1 Å². The van der Waals surface area contributed by atoms with Crippen LogP contribution in [0.3, 0.4) is 0 Å². The first-order valence-corrected chi connectivity index (χ1v) is 13.3. The van der Waals surface area contributed by atoms with Crippen molar-refractivity contribution in [2.24, 2.45) is 5.73 Å². The van der Waals surface area contributed by atoms with Crippen LogP contribution in [0.5, 0.6) is 11.5 Å². The van der Waals surface area contributed by atoms with Gasteiger partial charge in [0.2, 0.25) is 0 Å². The van der Waals surface area contributed by atoms with E-state index >= 15 is 4.39 Å². The summed E-state index contributed by atoms with van der Waals surface area (Å²) in [5.41, 5.74) is 4.57. The Morgan fingerprint density at radius 3 is 2.32 bits per heavy atom. The van der Waals surface area contributed by atoms with Gasteiger partial charge in [0.05, 0.1) is 7.11 Å². The quantitative estimate of drug-likeness (QED) is 0.0617. The Bertz CT molecular complexity index is 1860. The van der Waals surface area contributed by atoms with E-state index in [1.54, 1.807) is 0 Å². The fourth-order valence-electron chi connectivity index (χ4n) is 4.09. The maximum Gasteiger partial charge on any atom is 0.491 e. The fourth-order valence-corrected chi connectivity index (χ4v) is 4.09. The molecule has 2 unspecified atom stereocenters. The average Bonchev–Trinajstić information content (AvgIpc) is 3.40. The number of hydrogen-bond donors (Lipinski definition) is 4. The lowest BCUT2D eigenvalue weighted by Crippen LogP contribution is -2.43. The van der Waals surface area contributed by atoms with Gasteiger partial charge in [0.1, 0.15) is 29.1 Å². The zero-order valence-corrected chi connectivity index (χ0v) is 24.7. The third-order valence-electron chi connectivity index (χ3n) is 6.41. The largest absolute Gasteiger partial charge is 0.497 e. The van der Waals surface area contributed by atoms with Crippen LogP contribution >= 0.6 is 0 Å². The number of nitrogens with one attached hydrogen (secondary N) is 3. The number of esters is 1. The van der Waals surface area contributed by atoms with E-state index in [1.807, 2.05) is 0 Å². The van der Waals surface area contributed by atoms with Crippen LogP contribution in [0.4, 0.5) is 27.6 Å². The number of aromatic nitrogens is 3. The number of aromatic amines is 1. The van der Waals surface area contributed by atoms with E-state index in [0.717, 1.165) is 37.2 Å². The molecule has 0 aliphatic heterocycles. The number of alkyl halides is 3. The number of rotatable bonds is 11. The number of nitrogen functional groups attached to an aromatic ring is 1. The summed E-state index contributed by atoms with van der Waals surface area (Å²) in [6, 6.07) is 11.6. The number of H-pyrrole nitrogens is 1. The highest BCUT2D eigenvalue weighted by atomic mass is 19.4. The molecule has 0 saturated heterocycles. The highest BCUT2D eigenvalue weighted by molar-refractivity contribution is 5.95. The normalized spacial score (nSPS) is 12.5. The van der Waals surface area contributed by atoms with Crippen molar-refractivity contribution in [1.82, 2.24) is 19.7 Å². The van der Waals surface area contributed by atoms with Gasteiger partial charge in [0.15, 0.2) is 17.4 Å². The molecule has 1 aromatic heterocycles. The number of carbonyl (C=O) groups excluding carboxylic acids is 2. The monoisotopic (exact) mass is 663 g/mol. The van der Waals surface area contributed by atoms with Gasteiger partial charge in [-0.05, 0) is 42.5 Å². The summed E-state index contributed by atoms with van der Waals surface area (Å²) >= 11 is 0. The molecule has 248 valence electrons. The number of methoxy groups -OCH3 is 1. The van der Waals surface area contributed by atoms with E-state index in [4.69, 9.17) is 20.6 Å². The molecule has 0 spiro atoms. The van der Waals surface area contributed by atoms with Gasteiger partial charge >= 0.3 is 30.0 Å². The summed E-state index contributed by atoms with van der Waals surface area (Å²) in [6.07, 6.45) is -8.10. The first kappa shape index (κ1) is 33.9. The molecule has 47 heavy (non-hydrogen) atoms. The fraction of sp³-hybridized carbons (Fsp3) is 0.207. The van der Waals surface area contributed by atoms with Crippen molar-refractivity contribution in [2.75, 3.05) is 26.5 Å². The van der Waals surface area contributed by atoms with Crippen LogP contribution in [0, 0.1) is 17.0 Å². The lowest BCUT2D eigenvalue weighted by Gasteiger charge is -2.24. The molecule has 18 heteroatoms. The zero-order chi connectivity index (χ0) is 34.6. The molecule has 2 atom stereocenters. The Kier molecular flexibility index (Phi) is 9.82. The predicted molar refractivity (Wildman–Crippen MR) is 155 cm³/mol. The van der Waals surface area contributed by atoms with E-state index in [9.17, 15) is 31.9 Å². The number of ether oxygens (including phenoxy) is 3. The second kappa shape index (κ2) is 13.6. The SMILES string of the molecule is COc1cc(OC(OC(=O)C(F)(F)F)C(=O)N(C)C)c(F)c(C(Nc2ccc(C(=N)N)cc2)c2nn(-c3ccccc3F)c(=O)[nH]2)c1. The van der Waals surface area contributed by atoms with Crippen LogP contribution < -0.4 is 26.2 Å². The number of amidine groups is 1. The highest BCUT2D eigenvalue weighted by Gasteiger charge is 2.44.